The molecule has 2 aromatic carbocycles. The van der Waals surface area contributed by atoms with Crippen molar-refractivity contribution in [1.82, 2.24) is 10.2 Å². The average Bonchev–Trinajstić information content (AvgIpc) is 3.22. The van der Waals surface area contributed by atoms with Gasteiger partial charge in [0.2, 0.25) is 11.8 Å². The first-order chi connectivity index (χ1) is 15.2. The summed E-state index contributed by atoms with van der Waals surface area (Å²) in [6, 6.07) is 17.6. The van der Waals surface area contributed by atoms with Crippen LogP contribution in [0.4, 0.5) is 11.4 Å². The number of nitrogens with zero attached hydrogens (tertiary/aromatic N) is 3. The molecule has 0 aliphatic carbocycles. The van der Waals surface area contributed by atoms with Crippen LogP contribution in [-0.4, -0.2) is 69.6 Å². The number of benzene rings is 2. The lowest BCUT2D eigenvalue weighted by Crippen LogP contribution is -2.49. The normalized spacial score (nSPS) is 19.5. The summed E-state index contributed by atoms with van der Waals surface area (Å²) >= 11 is 0. The molecule has 2 aliphatic rings. The third kappa shape index (κ3) is 4.99. The molecule has 2 aromatic rings. The largest absolute Gasteiger partial charge is 0.495 e. The number of carbonyl (C=O) groups is 2. The van der Waals surface area contributed by atoms with Gasteiger partial charge >= 0.3 is 0 Å². The van der Waals surface area contributed by atoms with Crippen molar-refractivity contribution < 1.29 is 14.3 Å². The molecule has 7 nitrogen and oxygen atoms in total. The summed E-state index contributed by atoms with van der Waals surface area (Å²) < 4.78 is 5.48. The van der Waals surface area contributed by atoms with E-state index < -0.39 is 0 Å². The van der Waals surface area contributed by atoms with Crippen LogP contribution in [0.25, 0.3) is 0 Å². The predicted octanol–water partition coefficient (Wildman–Crippen LogP) is 1.99. The summed E-state index contributed by atoms with van der Waals surface area (Å²) in [6.07, 6.45) is 0.276. The van der Waals surface area contributed by atoms with E-state index in [9.17, 15) is 9.59 Å². The summed E-state index contributed by atoms with van der Waals surface area (Å²) in [6.45, 7) is 5.61. The Kier molecular flexibility index (Phi) is 6.72. The topological polar surface area (TPSA) is 65.1 Å². The molecule has 0 saturated carbocycles. The Bertz CT molecular complexity index is 897. The van der Waals surface area contributed by atoms with E-state index in [4.69, 9.17) is 4.74 Å². The minimum atomic E-state index is -0.282. The van der Waals surface area contributed by atoms with Crippen LogP contribution < -0.4 is 19.9 Å². The van der Waals surface area contributed by atoms with E-state index in [1.807, 2.05) is 48.5 Å². The minimum Gasteiger partial charge on any atom is -0.495 e. The zero-order valence-electron chi connectivity index (χ0n) is 18.0. The summed E-state index contributed by atoms with van der Waals surface area (Å²) in [5.41, 5.74) is 1.99. The second-order valence-electron chi connectivity index (χ2n) is 8.03. The van der Waals surface area contributed by atoms with Gasteiger partial charge in [0.05, 0.1) is 18.7 Å². The second-order valence-corrected chi connectivity index (χ2v) is 8.03. The first-order valence-electron chi connectivity index (χ1n) is 10.9. The lowest BCUT2D eigenvalue weighted by Gasteiger charge is -2.36. The molecule has 1 atom stereocenters. The van der Waals surface area contributed by atoms with Crippen molar-refractivity contribution in [3.63, 3.8) is 0 Å². The molecule has 2 saturated heterocycles. The molecule has 2 amide bonds. The molecule has 1 unspecified atom stereocenters. The van der Waals surface area contributed by atoms with Crippen LogP contribution in [0.1, 0.15) is 6.42 Å². The van der Waals surface area contributed by atoms with Gasteiger partial charge in [-0.2, -0.15) is 0 Å². The highest BCUT2D eigenvalue weighted by Crippen LogP contribution is 2.28. The Hall–Kier alpha value is -3.06. The quantitative estimate of drug-likeness (QED) is 0.739. The van der Waals surface area contributed by atoms with Gasteiger partial charge in [-0.25, -0.2) is 0 Å². The van der Waals surface area contributed by atoms with E-state index in [2.05, 4.69) is 21.2 Å². The van der Waals surface area contributed by atoms with E-state index in [0.29, 0.717) is 13.1 Å². The number of nitrogens with one attached hydrogen (secondary N) is 1. The van der Waals surface area contributed by atoms with Gasteiger partial charge in [0.1, 0.15) is 5.75 Å². The standard InChI is InChI=1S/C24H30N4O3/c1-31-22-10-6-5-9-21(22)27-15-13-26(14-16-27)12-11-25-24(30)19-17-23(29)28(18-19)20-7-3-2-4-8-20/h2-10,19H,11-18H2,1H3,(H,25,30). The molecule has 1 N–H and O–H groups in total. The average molecular weight is 423 g/mol. The van der Waals surface area contributed by atoms with Crippen molar-refractivity contribution in [2.24, 2.45) is 5.92 Å². The second kappa shape index (κ2) is 9.83. The fourth-order valence-corrected chi connectivity index (χ4v) is 4.33. The highest BCUT2D eigenvalue weighted by atomic mass is 16.5. The van der Waals surface area contributed by atoms with Gasteiger partial charge in [-0.05, 0) is 24.3 Å². The van der Waals surface area contributed by atoms with Gasteiger partial charge in [0, 0.05) is 57.9 Å². The van der Waals surface area contributed by atoms with Crippen molar-refractivity contribution in [3.05, 3.63) is 54.6 Å². The number of piperazine rings is 1. The number of hydrogen-bond donors (Lipinski definition) is 1. The minimum absolute atomic E-state index is 0.0128. The number of anilines is 2. The number of ether oxygens (including phenoxy) is 1. The van der Waals surface area contributed by atoms with Gasteiger partial charge in [-0.3, -0.25) is 14.5 Å². The summed E-state index contributed by atoms with van der Waals surface area (Å²) in [7, 11) is 1.70. The van der Waals surface area contributed by atoms with E-state index in [-0.39, 0.29) is 24.2 Å². The van der Waals surface area contributed by atoms with Crippen molar-refractivity contribution in [3.8, 4) is 5.75 Å². The predicted molar refractivity (Wildman–Crippen MR) is 122 cm³/mol. The van der Waals surface area contributed by atoms with Crippen LogP contribution in [0.5, 0.6) is 5.75 Å². The molecule has 31 heavy (non-hydrogen) atoms. The van der Waals surface area contributed by atoms with Gasteiger partial charge < -0.3 is 19.9 Å². The number of carbonyl (C=O) groups excluding carboxylic acids is 2. The lowest BCUT2D eigenvalue weighted by atomic mass is 10.1. The molecule has 0 radical (unpaired) electrons. The number of methoxy groups -OCH3 is 1. The molecule has 0 bridgehead atoms. The SMILES string of the molecule is COc1ccccc1N1CCN(CCNC(=O)C2CC(=O)N(c3ccccc3)C2)CC1. The van der Waals surface area contributed by atoms with E-state index in [0.717, 1.165) is 49.8 Å². The zero-order valence-corrected chi connectivity index (χ0v) is 18.0. The molecule has 2 heterocycles. The maximum atomic E-state index is 12.6. The van der Waals surface area contributed by atoms with Crippen molar-refractivity contribution in [2.75, 3.05) is 62.7 Å². The molecular formula is C24H30N4O3. The zero-order chi connectivity index (χ0) is 21.6. The number of para-hydroxylation sites is 3. The monoisotopic (exact) mass is 422 g/mol. The molecular weight excluding hydrogens is 392 g/mol. The Balaban J connectivity index is 1.20. The number of hydrogen-bond acceptors (Lipinski definition) is 5. The van der Waals surface area contributed by atoms with Crippen molar-refractivity contribution in [2.45, 2.75) is 6.42 Å². The molecule has 4 rings (SSSR count). The Morgan fingerprint density at radius 3 is 2.48 bits per heavy atom. The molecule has 0 aromatic heterocycles. The molecule has 0 spiro atoms. The van der Waals surface area contributed by atoms with Gasteiger partial charge in [-0.15, -0.1) is 0 Å². The molecule has 2 aliphatic heterocycles. The van der Waals surface area contributed by atoms with Gasteiger partial charge in [0.15, 0.2) is 0 Å². The van der Waals surface area contributed by atoms with Crippen LogP contribution in [0.3, 0.4) is 0 Å². The fourth-order valence-electron chi connectivity index (χ4n) is 4.33. The smallest absolute Gasteiger partial charge is 0.227 e. The van der Waals surface area contributed by atoms with E-state index in [1.54, 1.807) is 12.0 Å². The first-order valence-corrected chi connectivity index (χ1v) is 10.9. The highest BCUT2D eigenvalue weighted by Gasteiger charge is 2.35. The van der Waals surface area contributed by atoms with Gasteiger partial charge in [-0.1, -0.05) is 30.3 Å². The summed E-state index contributed by atoms with van der Waals surface area (Å²) in [4.78, 5) is 31.3. The highest BCUT2D eigenvalue weighted by molar-refractivity contribution is 6.00. The Morgan fingerprint density at radius 2 is 1.74 bits per heavy atom. The molecule has 164 valence electrons. The van der Waals surface area contributed by atoms with Crippen LogP contribution in [0, 0.1) is 5.92 Å². The van der Waals surface area contributed by atoms with E-state index in [1.165, 1.54) is 0 Å². The van der Waals surface area contributed by atoms with Crippen LogP contribution >= 0.6 is 0 Å². The lowest BCUT2D eigenvalue weighted by molar-refractivity contribution is -0.126. The fraction of sp³-hybridized carbons (Fsp3) is 0.417. The Labute approximate surface area is 183 Å². The maximum absolute atomic E-state index is 12.6. The number of rotatable bonds is 7. The molecule has 7 heteroatoms. The van der Waals surface area contributed by atoms with Crippen LogP contribution in [0.2, 0.25) is 0 Å². The maximum Gasteiger partial charge on any atom is 0.227 e. The summed E-state index contributed by atoms with van der Waals surface area (Å²) in [5.74, 6) is 0.604. The van der Waals surface area contributed by atoms with Crippen LogP contribution in [0.15, 0.2) is 54.6 Å². The third-order valence-corrected chi connectivity index (χ3v) is 6.09. The summed E-state index contributed by atoms with van der Waals surface area (Å²) in [5, 5.41) is 3.03. The van der Waals surface area contributed by atoms with Crippen LogP contribution in [-0.2, 0) is 9.59 Å². The van der Waals surface area contributed by atoms with E-state index >= 15 is 0 Å². The molecule has 2 fully saturated rings. The van der Waals surface area contributed by atoms with Gasteiger partial charge in [0.25, 0.3) is 0 Å². The number of amides is 2. The van der Waals surface area contributed by atoms with Crippen molar-refractivity contribution in [1.29, 1.82) is 0 Å². The van der Waals surface area contributed by atoms with Crippen molar-refractivity contribution >= 4 is 23.2 Å². The Morgan fingerprint density at radius 1 is 1.03 bits per heavy atom. The third-order valence-electron chi connectivity index (χ3n) is 6.09. The first kappa shape index (κ1) is 21.2.